The van der Waals surface area contributed by atoms with Gasteiger partial charge in [-0.3, -0.25) is 4.40 Å². The van der Waals surface area contributed by atoms with E-state index in [2.05, 4.69) is 42.3 Å². The Bertz CT molecular complexity index is 1030. The topological polar surface area (TPSA) is 51.5 Å². The summed E-state index contributed by atoms with van der Waals surface area (Å²) in [5.74, 6) is 1.59. The molecule has 120 valence electrons. The fraction of sp³-hybridized carbons (Fsp3) is 0.158. The first kappa shape index (κ1) is 14.5. The maximum absolute atomic E-state index is 5.33. The highest BCUT2D eigenvalue weighted by molar-refractivity contribution is 5.87. The molecule has 0 fully saturated rings. The predicted molar refractivity (Wildman–Crippen MR) is 96.2 cm³/mol. The van der Waals surface area contributed by atoms with Crippen LogP contribution in [0.25, 0.3) is 16.6 Å². The van der Waals surface area contributed by atoms with Gasteiger partial charge in [-0.25, -0.2) is 9.97 Å². The van der Waals surface area contributed by atoms with Gasteiger partial charge in [-0.05, 0) is 37.1 Å². The summed E-state index contributed by atoms with van der Waals surface area (Å²) >= 11 is 0. The lowest BCUT2D eigenvalue weighted by Crippen LogP contribution is -2.02. The molecule has 0 aliphatic heterocycles. The minimum absolute atomic E-state index is 0.794. The second kappa shape index (κ2) is 5.53. The number of nitrogens with one attached hydrogen (secondary N) is 1. The largest absolute Gasteiger partial charge is 0.497 e. The zero-order valence-electron chi connectivity index (χ0n) is 13.9. The van der Waals surface area contributed by atoms with Gasteiger partial charge < -0.3 is 10.1 Å². The lowest BCUT2D eigenvalue weighted by molar-refractivity contribution is 0.415. The number of para-hydroxylation sites is 1. The van der Waals surface area contributed by atoms with E-state index in [4.69, 9.17) is 9.72 Å². The predicted octanol–water partition coefficient (Wildman–Crippen LogP) is 4.25. The summed E-state index contributed by atoms with van der Waals surface area (Å²) in [5, 5.41) is 3.49. The monoisotopic (exact) mass is 318 g/mol. The van der Waals surface area contributed by atoms with Crippen molar-refractivity contribution in [3.8, 4) is 5.75 Å². The molecule has 2 aromatic carbocycles. The van der Waals surface area contributed by atoms with Gasteiger partial charge in [0.1, 0.15) is 11.3 Å². The van der Waals surface area contributed by atoms with Crippen LogP contribution in [0.3, 0.4) is 0 Å². The maximum Gasteiger partial charge on any atom is 0.157 e. The van der Waals surface area contributed by atoms with Crippen molar-refractivity contribution in [2.45, 2.75) is 13.8 Å². The number of hydrogen-bond acceptors (Lipinski definition) is 4. The van der Waals surface area contributed by atoms with Crippen molar-refractivity contribution in [3.05, 3.63) is 60.0 Å². The third kappa shape index (κ3) is 2.25. The fourth-order valence-electron chi connectivity index (χ4n) is 2.98. The standard InChI is InChI=1S/C19H18N4O/c1-12-5-4-6-13(2)18(12)22-19-17-10-20-11-23(17)16-9-14(24-3)7-8-15(16)21-19/h4-11H,1-3H3,(H,21,22). The van der Waals surface area contributed by atoms with Crippen molar-refractivity contribution in [3.63, 3.8) is 0 Å². The molecule has 5 heteroatoms. The second-order valence-electron chi connectivity index (χ2n) is 5.86. The summed E-state index contributed by atoms with van der Waals surface area (Å²) in [6.45, 7) is 4.18. The third-order valence-corrected chi connectivity index (χ3v) is 4.28. The van der Waals surface area contributed by atoms with Crippen molar-refractivity contribution in [1.82, 2.24) is 14.4 Å². The number of hydrogen-bond donors (Lipinski definition) is 1. The summed E-state index contributed by atoms with van der Waals surface area (Å²) in [6, 6.07) is 12.1. The minimum atomic E-state index is 0.794. The normalized spacial score (nSPS) is 11.1. The van der Waals surface area contributed by atoms with E-state index in [-0.39, 0.29) is 0 Å². The Morgan fingerprint density at radius 1 is 1.04 bits per heavy atom. The Morgan fingerprint density at radius 2 is 1.83 bits per heavy atom. The molecule has 5 nitrogen and oxygen atoms in total. The molecule has 0 spiro atoms. The van der Waals surface area contributed by atoms with E-state index in [1.165, 1.54) is 11.1 Å². The summed E-state index contributed by atoms with van der Waals surface area (Å²) in [4.78, 5) is 9.10. The molecule has 0 unspecified atom stereocenters. The van der Waals surface area contributed by atoms with E-state index in [0.29, 0.717) is 0 Å². The molecule has 0 saturated heterocycles. The summed E-state index contributed by atoms with van der Waals surface area (Å²) in [5.41, 5.74) is 6.23. The number of nitrogens with zero attached hydrogens (tertiary/aromatic N) is 3. The van der Waals surface area contributed by atoms with Crippen LogP contribution in [0.2, 0.25) is 0 Å². The number of benzene rings is 2. The molecule has 4 rings (SSSR count). The SMILES string of the molecule is COc1ccc2nc(Nc3c(C)cccc3C)c3cncn3c2c1. The average molecular weight is 318 g/mol. The van der Waals surface area contributed by atoms with E-state index >= 15 is 0 Å². The number of imidazole rings is 1. The quantitative estimate of drug-likeness (QED) is 0.613. The number of ether oxygens (including phenoxy) is 1. The van der Waals surface area contributed by atoms with Crippen LogP contribution in [-0.2, 0) is 0 Å². The van der Waals surface area contributed by atoms with Crippen LogP contribution >= 0.6 is 0 Å². The first-order valence-electron chi connectivity index (χ1n) is 7.80. The van der Waals surface area contributed by atoms with Crippen LogP contribution < -0.4 is 10.1 Å². The van der Waals surface area contributed by atoms with Crippen molar-refractivity contribution in [1.29, 1.82) is 0 Å². The molecule has 24 heavy (non-hydrogen) atoms. The van der Waals surface area contributed by atoms with E-state index in [1.54, 1.807) is 13.4 Å². The zero-order chi connectivity index (χ0) is 16.7. The Morgan fingerprint density at radius 3 is 2.58 bits per heavy atom. The number of fused-ring (bicyclic) bond motifs is 3. The van der Waals surface area contributed by atoms with E-state index in [0.717, 1.165) is 33.8 Å². The molecule has 0 aliphatic carbocycles. The molecule has 0 saturated carbocycles. The summed E-state index contributed by atoms with van der Waals surface area (Å²) in [7, 11) is 1.66. The van der Waals surface area contributed by atoms with Gasteiger partial charge in [0.15, 0.2) is 5.82 Å². The van der Waals surface area contributed by atoms with Gasteiger partial charge in [0, 0.05) is 11.8 Å². The molecule has 0 aliphatic rings. The number of anilines is 2. The van der Waals surface area contributed by atoms with Gasteiger partial charge in [0.2, 0.25) is 0 Å². The highest BCUT2D eigenvalue weighted by atomic mass is 16.5. The van der Waals surface area contributed by atoms with Crippen molar-refractivity contribution < 1.29 is 4.74 Å². The van der Waals surface area contributed by atoms with Gasteiger partial charge in [0.25, 0.3) is 0 Å². The van der Waals surface area contributed by atoms with Crippen LogP contribution in [0.5, 0.6) is 5.75 Å². The van der Waals surface area contributed by atoms with Crippen LogP contribution in [0.1, 0.15) is 11.1 Å². The molecule has 0 atom stereocenters. The van der Waals surface area contributed by atoms with Gasteiger partial charge in [0.05, 0.1) is 30.7 Å². The van der Waals surface area contributed by atoms with Gasteiger partial charge in [-0.2, -0.15) is 0 Å². The average Bonchev–Trinajstić information content (AvgIpc) is 3.08. The molecule has 2 heterocycles. The van der Waals surface area contributed by atoms with Crippen LogP contribution in [0.15, 0.2) is 48.9 Å². The van der Waals surface area contributed by atoms with Crippen molar-refractivity contribution in [2.75, 3.05) is 12.4 Å². The molecular formula is C19H18N4O. The van der Waals surface area contributed by atoms with Gasteiger partial charge in [-0.1, -0.05) is 18.2 Å². The van der Waals surface area contributed by atoms with E-state index in [9.17, 15) is 0 Å². The lowest BCUT2D eigenvalue weighted by Gasteiger charge is -2.14. The second-order valence-corrected chi connectivity index (χ2v) is 5.86. The maximum atomic E-state index is 5.33. The van der Waals surface area contributed by atoms with Crippen LogP contribution in [0.4, 0.5) is 11.5 Å². The molecule has 0 bridgehead atoms. The first-order chi connectivity index (χ1) is 11.7. The van der Waals surface area contributed by atoms with Crippen LogP contribution in [-0.4, -0.2) is 21.5 Å². The smallest absolute Gasteiger partial charge is 0.157 e. The third-order valence-electron chi connectivity index (χ3n) is 4.28. The fourth-order valence-corrected chi connectivity index (χ4v) is 2.98. The molecule has 0 radical (unpaired) electrons. The zero-order valence-corrected chi connectivity index (χ0v) is 13.9. The number of aromatic nitrogens is 3. The summed E-state index contributed by atoms with van der Waals surface area (Å²) < 4.78 is 7.36. The Kier molecular flexibility index (Phi) is 3.34. The lowest BCUT2D eigenvalue weighted by atomic mass is 10.1. The van der Waals surface area contributed by atoms with E-state index in [1.807, 2.05) is 28.8 Å². The highest BCUT2D eigenvalue weighted by Gasteiger charge is 2.11. The molecule has 2 aromatic heterocycles. The highest BCUT2D eigenvalue weighted by Crippen LogP contribution is 2.29. The summed E-state index contributed by atoms with van der Waals surface area (Å²) in [6.07, 6.45) is 3.62. The molecule has 4 aromatic rings. The van der Waals surface area contributed by atoms with E-state index < -0.39 is 0 Å². The number of aryl methyl sites for hydroxylation is 2. The number of methoxy groups -OCH3 is 1. The van der Waals surface area contributed by atoms with Crippen LogP contribution in [0, 0.1) is 13.8 Å². The van der Waals surface area contributed by atoms with Gasteiger partial charge >= 0.3 is 0 Å². The van der Waals surface area contributed by atoms with Gasteiger partial charge in [-0.15, -0.1) is 0 Å². The Labute approximate surface area is 139 Å². The Balaban J connectivity index is 1.93. The number of rotatable bonds is 3. The molecule has 1 N–H and O–H groups in total. The molecule has 0 amide bonds. The minimum Gasteiger partial charge on any atom is -0.497 e. The van der Waals surface area contributed by atoms with Crippen molar-refractivity contribution in [2.24, 2.45) is 0 Å². The first-order valence-corrected chi connectivity index (χ1v) is 7.80. The Hall–Kier alpha value is -3.08. The van der Waals surface area contributed by atoms with Crippen molar-refractivity contribution >= 4 is 28.1 Å². The molecular weight excluding hydrogens is 300 g/mol.